The van der Waals surface area contributed by atoms with Crippen LogP contribution in [0.15, 0.2) is 0 Å². The topological polar surface area (TPSA) is 9.23 Å². The van der Waals surface area contributed by atoms with Gasteiger partial charge in [0.1, 0.15) is 0 Å². The third-order valence-corrected chi connectivity index (χ3v) is 8.28. The van der Waals surface area contributed by atoms with Gasteiger partial charge in [-0.15, -0.1) is 0 Å². The van der Waals surface area contributed by atoms with E-state index in [1.807, 2.05) is 0 Å². The number of hydrogen-bond donors (Lipinski definition) is 0. The molecule has 1 nitrogen and oxygen atoms in total. The summed E-state index contributed by atoms with van der Waals surface area (Å²) in [7, 11) is 0. The zero-order chi connectivity index (χ0) is 29.5. The SMILES string of the molecule is CCCCCCCCCCCCCCCCCCOCCCCCCCCCCCCCCCCCC.[CH3][Sn][CH3]. The molecule has 0 aromatic heterocycles. The molecule has 0 aliphatic carbocycles. The second-order valence-corrected chi connectivity index (χ2v) is 15.6. The van der Waals surface area contributed by atoms with E-state index >= 15 is 0 Å². The molecule has 2 radical (unpaired) electrons. The fourth-order valence-corrected chi connectivity index (χ4v) is 5.61. The van der Waals surface area contributed by atoms with Gasteiger partial charge in [-0.1, -0.05) is 206 Å². The zero-order valence-corrected chi connectivity index (χ0v) is 31.8. The summed E-state index contributed by atoms with van der Waals surface area (Å²) in [6.45, 7) is 6.60. The molecule has 0 aromatic rings. The van der Waals surface area contributed by atoms with Gasteiger partial charge in [-0.3, -0.25) is 0 Å². The van der Waals surface area contributed by atoms with E-state index in [-0.39, 0.29) is 21.1 Å². The molecule has 0 fully saturated rings. The van der Waals surface area contributed by atoms with Gasteiger partial charge in [0.15, 0.2) is 0 Å². The minimum atomic E-state index is 0.230. The fraction of sp³-hybridized carbons (Fsp3) is 1.00. The third kappa shape index (κ3) is 45.7. The van der Waals surface area contributed by atoms with Gasteiger partial charge in [-0.05, 0) is 12.8 Å². The van der Waals surface area contributed by atoms with Crippen LogP contribution in [-0.4, -0.2) is 34.4 Å². The van der Waals surface area contributed by atoms with E-state index in [9.17, 15) is 0 Å². The number of ether oxygens (including phenoxy) is 1. The molecule has 0 atom stereocenters. The van der Waals surface area contributed by atoms with E-state index in [0.29, 0.717) is 0 Å². The molecule has 0 aromatic carbocycles. The quantitative estimate of drug-likeness (QED) is 0.0489. The Morgan fingerprint density at radius 1 is 0.275 bits per heavy atom. The molecule has 0 spiro atoms. The summed E-state index contributed by atoms with van der Waals surface area (Å²) in [6, 6.07) is 0. The zero-order valence-electron chi connectivity index (χ0n) is 28.9. The summed E-state index contributed by atoms with van der Waals surface area (Å²) in [5.74, 6) is 0. The van der Waals surface area contributed by atoms with E-state index in [0.717, 1.165) is 13.2 Å². The predicted molar refractivity (Wildman–Crippen MR) is 187 cm³/mol. The summed E-state index contributed by atoms with van der Waals surface area (Å²) in [5.41, 5.74) is 0. The van der Waals surface area contributed by atoms with Crippen molar-refractivity contribution < 1.29 is 4.74 Å². The maximum absolute atomic E-state index is 5.87. The minimum absolute atomic E-state index is 0.230. The summed E-state index contributed by atoms with van der Waals surface area (Å²) in [5, 5.41) is 0. The van der Waals surface area contributed by atoms with Crippen LogP contribution in [0, 0.1) is 0 Å². The molecule has 0 aliphatic heterocycles. The predicted octanol–water partition coefficient (Wildman–Crippen LogP) is 14.3. The molecule has 0 aliphatic rings. The van der Waals surface area contributed by atoms with Gasteiger partial charge in [0.2, 0.25) is 0 Å². The van der Waals surface area contributed by atoms with Crippen molar-refractivity contribution in [2.24, 2.45) is 0 Å². The molecule has 40 heavy (non-hydrogen) atoms. The molecule has 0 amide bonds. The molecule has 0 heterocycles. The van der Waals surface area contributed by atoms with E-state index in [1.165, 1.54) is 205 Å². The molecule has 0 saturated heterocycles. The van der Waals surface area contributed by atoms with Gasteiger partial charge in [0, 0.05) is 13.2 Å². The summed E-state index contributed by atoms with van der Waals surface area (Å²) in [6.07, 6.45) is 46.0. The Hall–Kier alpha value is 0.759. The van der Waals surface area contributed by atoms with Crippen molar-refractivity contribution in [3.8, 4) is 0 Å². The van der Waals surface area contributed by atoms with Crippen molar-refractivity contribution in [2.45, 2.75) is 229 Å². The number of hydrogen-bond acceptors (Lipinski definition) is 1. The van der Waals surface area contributed by atoms with Crippen molar-refractivity contribution in [1.82, 2.24) is 0 Å². The maximum atomic E-state index is 5.87. The second kappa shape index (κ2) is 44.2. The molecule has 0 N–H and O–H groups in total. The fourth-order valence-electron chi connectivity index (χ4n) is 5.61. The Morgan fingerprint density at radius 2 is 0.425 bits per heavy atom. The summed E-state index contributed by atoms with van der Waals surface area (Å²) >= 11 is 0.230. The van der Waals surface area contributed by atoms with Gasteiger partial charge < -0.3 is 4.74 Å². The average Bonchev–Trinajstić information content (AvgIpc) is 2.96. The van der Waals surface area contributed by atoms with Gasteiger partial charge in [-0.25, -0.2) is 0 Å². The summed E-state index contributed by atoms with van der Waals surface area (Å²) in [4.78, 5) is 4.59. The Morgan fingerprint density at radius 3 is 0.600 bits per heavy atom. The first-order chi connectivity index (χ1) is 19.8. The van der Waals surface area contributed by atoms with Gasteiger partial charge in [0.05, 0.1) is 0 Å². The van der Waals surface area contributed by atoms with Crippen LogP contribution in [0.4, 0.5) is 0 Å². The van der Waals surface area contributed by atoms with E-state index in [2.05, 4.69) is 23.7 Å². The second-order valence-electron chi connectivity index (χ2n) is 12.7. The Balaban J connectivity index is 0. The standard InChI is InChI=1S/C36H74O.2CH3.Sn/c1-3-5-7-9-11-13-15-17-19-21-23-25-27-29-31-33-35-37-36-34-32-30-28-26-24-22-20-18-16-14-12-10-8-6-4-2;;;/h3-36H2,1-2H3;2*1H3;. The normalized spacial score (nSPS) is 11.1. The molecule has 2 heteroatoms. The first-order valence-corrected chi connectivity index (χ1v) is 24.7. The van der Waals surface area contributed by atoms with Crippen molar-refractivity contribution >= 4 is 21.1 Å². The molecule has 0 saturated carbocycles. The monoisotopic (exact) mass is 673 g/mol. The van der Waals surface area contributed by atoms with E-state index in [4.69, 9.17) is 4.74 Å². The van der Waals surface area contributed by atoms with Crippen LogP contribution in [0.3, 0.4) is 0 Å². The molecule has 0 bridgehead atoms. The van der Waals surface area contributed by atoms with Crippen LogP contribution in [0.25, 0.3) is 0 Å². The number of unbranched alkanes of at least 4 members (excludes halogenated alkanes) is 30. The Bertz CT molecular complexity index is 352. The van der Waals surface area contributed by atoms with Crippen molar-refractivity contribution in [3.05, 3.63) is 0 Å². The van der Waals surface area contributed by atoms with Crippen LogP contribution in [-0.2, 0) is 4.74 Å². The molecular formula is C38H80OSn. The average molecular weight is 672 g/mol. The van der Waals surface area contributed by atoms with Crippen LogP contribution >= 0.6 is 0 Å². The van der Waals surface area contributed by atoms with Crippen molar-refractivity contribution in [2.75, 3.05) is 13.2 Å². The van der Waals surface area contributed by atoms with Crippen LogP contribution < -0.4 is 0 Å². The van der Waals surface area contributed by atoms with Gasteiger partial charge in [0.25, 0.3) is 0 Å². The Kier molecular flexibility index (Phi) is 47.4. The molecule has 242 valence electrons. The third-order valence-electron chi connectivity index (χ3n) is 8.28. The van der Waals surface area contributed by atoms with Crippen molar-refractivity contribution in [1.29, 1.82) is 0 Å². The van der Waals surface area contributed by atoms with E-state index < -0.39 is 0 Å². The van der Waals surface area contributed by atoms with Gasteiger partial charge >= 0.3 is 31.0 Å². The molecule has 0 unspecified atom stereocenters. The number of rotatable bonds is 34. The van der Waals surface area contributed by atoms with E-state index in [1.54, 1.807) is 0 Å². The molecular weight excluding hydrogens is 591 g/mol. The van der Waals surface area contributed by atoms with Crippen LogP contribution in [0.1, 0.15) is 219 Å². The van der Waals surface area contributed by atoms with Crippen LogP contribution in [0.5, 0.6) is 0 Å². The molecule has 0 rings (SSSR count). The van der Waals surface area contributed by atoms with Crippen LogP contribution in [0.2, 0.25) is 9.88 Å². The first kappa shape index (κ1) is 42.9. The Labute approximate surface area is 267 Å². The van der Waals surface area contributed by atoms with Gasteiger partial charge in [-0.2, -0.15) is 0 Å². The first-order valence-electron chi connectivity index (χ1n) is 19.0. The summed E-state index contributed by atoms with van der Waals surface area (Å²) < 4.78 is 5.87. The van der Waals surface area contributed by atoms with Crippen molar-refractivity contribution in [3.63, 3.8) is 0 Å².